The zero-order chi connectivity index (χ0) is 28.1. The van der Waals surface area contributed by atoms with E-state index in [1.807, 2.05) is 6.20 Å². The number of esters is 1. The van der Waals surface area contributed by atoms with Gasteiger partial charge in [-0.3, -0.25) is 4.79 Å². The summed E-state index contributed by atoms with van der Waals surface area (Å²) in [5.74, 6) is 3.35. The molecule has 6 atom stereocenters. The molecule has 2 N–H and O–H groups in total. The van der Waals surface area contributed by atoms with Gasteiger partial charge in [0.05, 0.1) is 23.8 Å². The number of carbonyl (C=O) groups is 1. The molecular weight excluding hydrogens is 502 g/mol. The van der Waals surface area contributed by atoms with Gasteiger partial charge in [0, 0.05) is 13.3 Å². The van der Waals surface area contributed by atoms with Gasteiger partial charge in [-0.05, 0) is 101 Å². The van der Waals surface area contributed by atoms with Crippen molar-refractivity contribution in [1.29, 1.82) is 0 Å². The number of fused-ring (bicyclic) bond motifs is 1. The molecule has 0 aromatic carbocycles. The van der Waals surface area contributed by atoms with Crippen LogP contribution in [0, 0.1) is 17.8 Å². The van der Waals surface area contributed by atoms with E-state index >= 15 is 0 Å². The number of nitrogens with zero attached hydrogens (tertiary/aromatic N) is 1. The molecule has 4 aliphatic rings. The number of allylic oxidation sites excluding steroid dienone is 4. The average molecular weight is 552 g/mol. The van der Waals surface area contributed by atoms with Crippen LogP contribution in [0.4, 0.5) is 0 Å². The molecule has 0 aliphatic heterocycles. The maximum atomic E-state index is 12.1. The lowest BCUT2D eigenvalue weighted by molar-refractivity contribution is -0.145. The monoisotopic (exact) mass is 551 g/mol. The molecule has 220 valence electrons. The minimum atomic E-state index is -0.421. The van der Waals surface area contributed by atoms with Crippen molar-refractivity contribution in [3.8, 4) is 0 Å². The van der Waals surface area contributed by atoms with Gasteiger partial charge in [-0.2, -0.15) is 0 Å². The van der Waals surface area contributed by atoms with E-state index in [4.69, 9.17) is 9.15 Å². The third-order valence-corrected chi connectivity index (χ3v) is 9.90. The summed E-state index contributed by atoms with van der Waals surface area (Å²) in [4.78, 5) is 16.7. The van der Waals surface area contributed by atoms with E-state index in [-0.39, 0.29) is 17.5 Å². The van der Waals surface area contributed by atoms with Crippen molar-refractivity contribution in [1.82, 2.24) is 4.98 Å². The third kappa shape index (κ3) is 6.99. The van der Waals surface area contributed by atoms with Crippen molar-refractivity contribution in [3.05, 3.63) is 53.3 Å². The molecule has 4 saturated carbocycles. The first-order chi connectivity index (χ1) is 19.4. The number of carbonyl (C=O) groups excluding carboxylic acids is 1. The predicted molar refractivity (Wildman–Crippen MR) is 156 cm³/mol. The van der Waals surface area contributed by atoms with E-state index in [1.54, 1.807) is 5.57 Å². The normalized spacial score (nSPS) is 31.6. The fraction of sp³-hybridized carbons (Fsp3) is 0.706. The summed E-state index contributed by atoms with van der Waals surface area (Å²) in [7, 11) is 0. The van der Waals surface area contributed by atoms with E-state index < -0.39 is 12.2 Å². The predicted octanol–water partition coefficient (Wildman–Crippen LogP) is 6.90. The van der Waals surface area contributed by atoms with Gasteiger partial charge in [0.1, 0.15) is 11.9 Å². The number of hydrogen-bond acceptors (Lipinski definition) is 6. The third-order valence-electron chi connectivity index (χ3n) is 9.90. The number of aliphatic hydroxyl groups is 2. The highest BCUT2D eigenvalue weighted by molar-refractivity contribution is 5.66. The van der Waals surface area contributed by atoms with Crippen LogP contribution in [0.5, 0.6) is 0 Å². The van der Waals surface area contributed by atoms with E-state index in [2.05, 4.69) is 36.2 Å². The number of unbranched alkanes of at least 4 members (excludes halogenated alkanes) is 1. The Labute approximate surface area is 240 Å². The fourth-order valence-electron chi connectivity index (χ4n) is 7.66. The number of aromatic nitrogens is 1. The second kappa shape index (κ2) is 13.2. The number of rotatable bonds is 10. The molecule has 6 nitrogen and oxygen atoms in total. The fourth-order valence-corrected chi connectivity index (χ4v) is 7.66. The molecule has 1 aromatic heterocycles. The largest absolute Gasteiger partial charge is 0.457 e. The Morgan fingerprint density at radius 1 is 1.18 bits per heavy atom. The van der Waals surface area contributed by atoms with Crippen LogP contribution in [0.2, 0.25) is 0 Å². The molecule has 1 heterocycles. The summed E-state index contributed by atoms with van der Waals surface area (Å²) in [5.41, 5.74) is 2.41. The maximum absolute atomic E-state index is 12.1. The number of aliphatic hydroxyl groups excluding tert-OH is 2. The van der Waals surface area contributed by atoms with Gasteiger partial charge in [-0.15, -0.1) is 0 Å². The van der Waals surface area contributed by atoms with Crippen LogP contribution < -0.4 is 0 Å². The molecule has 0 spiro atoms. The summed E-state index contributed by atoms with van der Waals surface area (Å²) in [6.45, 7) is 3.66. The molecule has 1 unspecified atom stereocenters. The lowest BCUT2D eigenvalue weighted by atomic mass is 9.62. The molecule has 5 rings (SSSR count). The van der Waals surface area contributed by atoms with Crippen molar-refractivity contribution >= 4 is 5.97 Å². The van der Waals surface area contributed by atoms with Crippen molar-refractivity contribution < 1.29 is 24.2 Å². The van der Waals surface area contributed by atoms with Crippen LogP contribution in [-0.4, -0.2) is 39.5 Å². The second-order valence-corrected chi connectivity index (χ2v) is 13.0. The number of aryl methyl sites for hydroxylation is 1. The lowest BCUT2D eigenvalue weighted by Gasteiger charge is -2.43. The average Bonchev–Trinajstić information content (AvgIpc) is 3.60. The molecule has 4 aliphatic carbocycles. The van der Waals surface area contributed by atoms with Crippen LogP contribution in [0.1, 0.15) is 115 Å². The molecule has 0 bridgehead atoms. The van der Waals surface area contributed by atoms with Crippen molar-refractivity contribution in [2.75, 3.05) is 0 Å². The van der Waals surface area contributed by atoms with Crippen molar-refractivity contribution in [3.63, 3.8) is 0 Å². The van der Waals surface area contributed by atoms with Gasteiger partial charge < -0.3 is 19.4 Å². The Bertz CT molecular complexity index is 1080. The summed E-state index contributed by atoms with van der Waals surface area (Å²) < 4.78 is 12.0. The zero-order valence-corrected chi connectivity index (χ0v) is 24.5. The number of ether oxygens (including phenoxy) is 1. The molecule has 4 fully saturated rings. The van der Waals surface area contributed by atoms with Crippen LogP contribution in [0.15, 0.2) is 46.1 Å². The number of hydrogen-bond donors (Lipinski definition) is 2. The smallest absolute Gasteiger partial charge is 0.303 e. The van der Waals surface area contributed by atoms with Gasteiger partial charge in [-0.25, -0.2) is 4.98 Å². The molecule has 0 saturated heterocycles. The summed E-state index contributed by atoms with van der Waals surface area (Å²) in [6, 6.07) is 0. The van der Waals surface area contributed by atoms with E-state index in [9.17, 15) is 15.0 Å². The molecular formula is C34H49NO5. The number of oxazole rings is 1. The van der Waals surface area contributed by atoms with Gasteiger partial charge in [-0.1, -0.05) is 49.1 Å². The Hall–Kier alpha value is -2.18. The first-order valence-corrected chi connectivity index (χ1v) is 15.9. The van der Waals surface area contributed by atoms with Crippen LogP contribution >= 0.6 is 0 Å². The quantitative estimate of drug-likeness (QED) is 0.243. The first kappa shape index (κ1) is 29.3. The molecule has 6 heteroatoms. The minimum Gasteiger partial charge on any atom is -0.457 e. The van der Waals surface area contributed by atoms with Crippen LogP contribution in [-0.2, 0) is 21.4 Å². The summed E-state index contributed by atoms with van der Waals surface area (Å²) >= 11 is 0. The molecule has 0 amide bonds. The Balaban J connectivity index is 1.25. The Morgan fingerprint density at radius 3 is 2.70 bits per heavy atom. The van der Waals surface area contributed by atoms with Crippen LogP contribution in [0.3, 0.4) is 0 Å². The van der Waals surface area contributed by atoms with E-state index in [0.717, 1.165) is 56.6 Å². The zero-order valence-electron chi connectivity index (χ0n) is 24.5. The first-order valence-electron chi connectivity index (χ1n) is 15.9. The summed E-state index contributed by atoms with van der Waals surface area (Å²) in [5, 5.41) is 20.1. The van der Waals surface area contributed by atoms with Crippen molar-refractivity contribution in [2.45, 2.75) is 134 Å². The molecule has 1 aromatic rings. The summed E-state index contributed by atoms with van der Waals surface area (Å²) in [6.07, 6.45) is 24.8. The van der Waals surface area contributed by atoms with Gasteiger partial charge in [0.25, 0.3) is 0 Å². The standard InChI is InChI=1S/C34H49NO5/c1-3-4-11-29-22-35-33(40-29)34(17-18-34)32(39-23(2)36)14-7-10-25-8-5-13-31-26(9-6-12-30(25)31)16-15-24-19-27(37)21-28(38)20-24/h7,14-16,22,25,27-28,30-32,37-38H,3-6,8-13,17-21H2,1-2H3/b14-7+,26-16+/t25?,27-,28-,30-,31+,32-/m1/s1. The van der Waals surface area contributed by atoms with Gasteiger partial charge in [0.15, 0.2) is 0 Å². The van der Waals surface area contributed by atoms with E-state index in [1.165, 1.54) is 44.6 Å². The topological polar surface area (TPSA) is 92.8 Å². The minimum absolute atomic E-state index is 0.259. The highest BCUT2D eigenvalue weighted by Crippen LogP contribution is 2.53. The maximum Gasteiger partial charge on any atom is 0.303 e. The van der Waals surface area contributed by atoms with Crippen LogP contribution in [0.25, 0.3) is 0 Å². The SMILES string of the molecule is CCCCc1cnc(C2([C@@H](/C=C/CC3CCC[C@H]4/C(=C/C=C5C[C@@H](O)C[C@H](O)C5)CCC[C@H]34)OC(C)=O)CC2)o1. The van der Waals surface area contributed by atoms with E-state index in [0.29, 0.717) is 37.0 Å². The Morgan fingerprint density at radius 2 is 1.98 bits per heavy atom. The molecule has 40 heavy (non-hydrogen) atoms. The van der Waals surface area contributed by atoms with Crippen molar-refractivity contribution in [2.24, 2.45) is 17.8 Å². The van der Waals surface area contributed by atoms with Gasteiger partial charge >= 0.3 is 5.97 Å². The second-order valence-electron chi connectivity index (χ2n) is 13.0. The van der Waals surface area contributed by atoms with Gasteiger partial charge in [0.2, 0.25) is 5.89 Å². The molecule has 0 radical (unpaired) electrons. The highest BCUT2D eigenvalue weighted by atomic mass is 16.5. The Kier molecular flexibility index (Phi) is 9.68. The highest BCUT2D eigenvalue weighted by Gasteiger charge is 2.56. The lowest BCUT2D eigenvalue weighted by Crippen LogP contribution is -2.32.